The Morgan fingerprint density at radius 1 is 1.11 bits per heavy atom. The average molecular weight is 248 g/mol. The Bertz CT molecular complexity index is 552. The maximum absolute atomic E-state index is 13.5. The fourth-order valence-electron chi connectivity index (χ4n) is 1.93. The lowest BCUT2D eigenvalue weighted by Gasteiger charge is -2.13. The van der Waals surface area contributed by atoms with E-state index in [4.69, 9.17) is 0 Å². The number of halogens is 2. The molecule has 0 radical (unpaired) electrons. The number of hydrogen-bond acceptors (Lipinski definition) is 1. The van der Waals surface area contributed by atoms with Gasteiger partial charge in [0.1, 0.15) is 11.6 Å². The summed E-state index contributed by atoms with van der Waals surface area (Å²) >= 11 is 0. The highest BCUT2D eigenvalue weighted by Gasteiger charge is 2.15. The summed E-state index contributed by atoms with van der Waals surface area (Å²) in [5, 5.41) is 10.00. The van der Waals surface area contributed by atoms with Gasteiger partial charge < -0.3 is 5.11 Å². The van der Waals surface area contributed by atoms with Crippen molar-refractivity contribution in [2.24, 2.45) is 0 Å². The molecule has 18 heavy (non-hydrogen) atoms. The molecule has 0 heterocycles. The van der Waals surface area contributed by atoms with E-state index in [-0.39, 0.29) is 12.0 Å². The second-order valence-corrected chi connectivity index (χ2v) is 4.31. The van der Waals surface area contributed by atoms with Gasteiger partial charge in [0.05, 0.1) is 6.10 Å². The zero-order valence-electron chi connectivity index (χ0n) is 10.0. The van der Waals surface area contributed by atoms with Crippen LogP contribution in [0.25, 0.3) is 0 Å². The van der Waals surface area contributed by atoms with E-state index < -0.39 is 17.7 Å². The van der Waals surface area contributed by atoms with Gasteiger partial charge in [-0.25, -0.2) is 8.78 Å². The van der Waals surface area contributed by atoms with Gasteiger partial charge in [-0.3, -0.25) is 0 Å². The van der Waals surface area contributed by atoms with Gasteiger partial charge in [-0.1, -0.05) is 24.3 Å². The molecule has 1 N–H and O–H groups in total. The second kappa shape index (κ2) is 5.27. The molecule has 94 valence electrons. The Hall–Kier alpha value is -1.74. The fourth-order valence-corrected chi connectivity index (χ4v) is 1.93. The van der Waals surface area contributed by atoms with Gasteiger partial charge in [-0.15, -0.1) is 0 Å². The minimum absolute atomic E-state index is 0.00162. The predicted octanol–water partition coefficient (Wildman–Crippen LogP) is 3.55. The monoisotopic (exact) mass is 248 g/mol. The molecule has 0 aliphatic rings. The summed E-state index contributed by atoms with van der Waals surface area (Å²) in [6.45, 7) is 1.92. The fraction of sp³-hybridized carbons (Fsp3) is 0.200. The van der Waals surface area contributed by atoms with Gasteiger partial charge in [0.15, 0.2) is 0 Å². The normalized spacial score (nSPS) is 12.4. The summed E-state index contributed by atoms with van der Waals surface area (Å²) in [6.07, 6.45) is -0.769. The smallest absolute Gasteiger partial charge is 0.129 e. The van der Waals surface area contributed by atoms with E-state index in [0.29, 0.717) is 0 Å². The van der Waals surface area contributed by atoms with Crippen molar-refractivity contribution in [3.05, 3.63) is 70.8 Å². The van der Waals surface area contributed by atoms with E-state index in [1.165, 1.54) is 0 Å². The van der Waals surface area contributed by atoms with Crippen molar-refractivity contribution in [1.82, 2.24) is 0 Å². The van der Waals surface area contributed by atoms with Crippen LogP contribution >= 0.6 is 0 Å². The van der Waals surface area contributed by atoms with E-state index in [2.05, 4.69) is 0 Å². The molecule has 0 saturated carbocycles. The van der Waals surface area contributed by atoms with Crippen LogP contribution in [0.4, 0.5) is 8.78 Å². The average Bonchev–Trinajstić information content (AvgIpc) is 2.35. The summed E-state index contributed by atoms with van der Waals surface area (Å²) in [7, 11) is 0. The predicted molar refractivity (Wildman–Crippen MR) is 66.2 cm³/mol. The van der Waals surface area contributed by atoms with E-state index in [0.717, 1.165) is 29.3 Å². The first kappa shape index (κ1) is 12.7. The zero-order chi connectivity index (χ0) is 13.1. The lowest BCUT2D eigenvalue weighted by atomic mass is 9.98. The van der Waals surface area contributed by atoms with Gasteiger partial charge in [0, 0.05) is 12.0 Å². The third-order valence-corrected chi connectivity index (χ3v) is 2.99. The van der Waals surface area contributed by atoms with Crippen LogP contribution in [-0.4, -0.2) is 5.11 Å². The van der Waals surface area contributed by atoms with Gasteiger partial charge in [0.25, 0.3) is 0 Å². The number of aliphatic hydroxyl groups excluding tert-OH is 1. The van der Waals surface area contributed by atoms with Gasteiger partial charge >= 0.3 is 0 Å². The molecule has 1 atom stereocenters. The molecule has 2 aromatic rings. The number of rotatable bonds is 3. The highest BCUT2D eigenvalue weighted by Crippen LogP contribution is 2.23. The molecule has 0 aliphatic heterocycles. The van der Waals surface area contributed by atoms with Crippen LogP contribution in [0.3, 0.4) is 0 Å². The quantitative estimate of drug-likeness (QED) is 0.880. The highest BCUT2D eigenvalue weighted by molar-refractivity contribution is 5.29. The summed E-state index contributed by atoms with van der Waals surface area (Å²) in [6, 6.07) is 10.7. The van der Waals surface area contributed by atoms with Crippen molar-refractivity contribution >= 4 is 0 Å². The largest absolute Gasteiger partial charge is 0.388 e. The Kier molecular flexibility index (Phi) is 3.72. The first-order valence-corrected chi connectivity index (χ1v) is 5.75. The molecule has 0 aliphatic carbocycles. The molecule has 0 amide bonds. The van der Waals surface area contributed by atoms with Crippen LogP contribution in [0.15, 0.2) is 42.5 Å². The first-order chi connectivity index (χ1) is 8.58. The topological polar surface area (TPSA) is 20.2 Å². The highest BCUT2D eigenvalue weighted by atomic mass is 19.1. The van der Waals surface area contributed by atoms with Gasteiger partial charge in [-0.2, -0.15) is 0 Å². The third kappa shape index (κ3) is 2.74. The number of benzene rings is 2. The molecule has 1 nitrogen and oxygen atoms in total. The van der Waals surface area contributed by atoms with Crippen molar-refractivity contribution in [2.75, 3.05) is 0 Å². The summed E-state index contributed by atoms with van der Waals surface area (Å²) in [5.74, 6) is -1.13. The molecule has 2 aromatic carbocycles. The van der Waals surface area contributed by atoms with Gasteiger partial charge in [-0.05, 0) is 36.2 Å². The third-order valence-electron chi connectivity index (χ3n) is 2.99. The Morgan fingerprint density at radius 3 is 2.56 bits per heavy atom. The van der Waals surface area contributed by atoms with Crippen LogP contribution < -0.4 is 0 Å². The van der Waals surface area contributed by atoms with Crippen molar-refractivity contribution in [1.29, 1.82) is 0 Å². The van der Waals surface area contributed by atoms with E-state index in [1.807, 2.05) is 31.2 Å². The van der Waals surface area contributed by atoms with Crippen LogP contribution in [0.1, 0.15) is 22.8 Å². The number of aliphatic hydroxyl groups is 1. The SMILES string of the molecule is Cc1ccccc1CC(O)c1cc(F)ccc1F. The van der Waals surface area contributed by atoms with Crippen LogP contribution in [0.2, 0.25) is 0 Å². The van der Waals surface area contributed by atoms with Crippen molar-refractivity contribution in [3.8, 4) is 0 Å². The summed E-state index contributed by atoms with van der Waals surface area (Å²) < 4.78 is 26.5. The lowest BCUT2D eigenvalue weighted by molar-refractivity contribution is 0.173. The van der Waals surface area contributed by atoms with Crippen molar-refractivity contribution < 1.29 is 13.9 Å². The van der Waals surface area contributed by atoms with E-state index in [1.54, 1.807) is 0 Å². The Labute approximate surface area is 105 Å². The molecule has 0 fully saturated rings. The van der Waals surface area contributed by atoms with Crippen molar-refractivity contribution in [2.45, 2.75) is 19.4 Å². The first-order valence-electron chi connectivity index (χ1n) is 5.75. The second-order valence-electron chi connectivity index (χ2n) is 4.31. The van der Waals surface area contributed by atoms with Gasteiger partial charge in [0.2, 0.25) is 0 Å². The number of aryl methyl sites for hydroxylation is 1. The maximum Gasteiger partial charge on any atom is 0.129 e. The van der Waals surface area contributed by atoms with Crippen LogP contribution in [-0.2, 0) is 6.42 Å². The summed E-state index contributed by atoms with van der Waals surface area (Å²) in [5.41, 5.74) is 1.94. The molecule has 0 bridgehead atoms. The molecule has 0 saturated heterocycles. The molecular weight excluding hydrogens is 234 g/mol. The molecule has 3 heteroatoms. The van der Waals surface area contributed by atoms with E-state index >= 15 is 0 Å². The van der Waals surface area contributed by atoms with E-state index in [9.17, 15) is 13.9 Å². The molecule has 2 rings (SSSR count). The lowest BCUT2D eigenvalue weighted by Crippen LogP contribution is -2.06. The van der Waals surface area contributed by atoms with Crippen LogP contribution in [0.5, 0.6) is 0 Å². The Balaban J connectivity index is 2.25. The minimum Gasteiger partial charge on any atom is -0.388 e. The zero-order valence-corrected chi connectivity index (χ0v) is 10.0. The number of hydrogen-bond donors (Lipinski definition) is 1. The van der Waals surface area contributed by atoms with Crippen molar-refractivity contribution in [3.63, 3.8) is 0 Å². The minimum atomic E-state index is -1.04. The molecular formula is C15H14F2O. The standard InChI is InChI=1S/C15H14F2O/c1-10-4-2-3-5-11(10)8-15(18)13-9-12(16)6-7-14(13)17/h2-7,9,15,18H,8H2,1H3. The van der Waals surface area contributed by atoms with Crippen LogP contribution in [0, 0.1) is 18.6 Å². The maximum atomic E-state index is 13.5. The molecule has 0 spiro atoms. The Morgan fingerprint density at radius 2 is 1.83 bits per heavy atom. The summed E-state index contributed by atoms with van der Waals surface area (Å²) in [4.78, 5) is 0. The molecule has 1 unspecified atom stereocenters. The molecule has 0 aromatic heterocycles.